The van der Waals surface area contributed by atoms with Crippen LogP contribution >= 0.6 is 11.3 Å². The Hall–Kier alpha value is -2.18. The average Bonchev–Trinajstić information content (AvgIpc) is 3.15. The van der Waals surface area contributed by atoms with Crippen LogP contribution in [0.1, 0.15) is 41.6 Å². The minimum absolute atomic E-state index is 0.193. The van der Waals surface area contributed by atoms with E-state index >= 15 is 0 Å². The van der Waals surface area contributed by atoms with E-state index in [9.17, 15) is 9.59 Å². The molecule has 2 aromatic rings. The number of hydrogen-bond donors (Lipinski definition) is 2. The number of amides is 2. The lowest BCUT2D eigenvalue weighted by Crippen LogP contribution is -2.44. The Morgan fingerprint density at radius 3 is 2.38 bits per heavy atom. The van der Waals surface area contributed by atoms with E-state index < -0.39 is 6.04 Å². The zero-order valence-corrected chi connectivity index (χ0v) is 16.6. The van der Waals surface area contributed by atoms with E-state index in [1.807, 2.05) is 29.6 Å². The number of hydrogen-bond acceptors (Lipinski definition) is 4. The van der Waals surface area contributed by atoms with Gasteiger partial charge in [0.1, 0.15) is 6.04 Å². The smallest absolute Gasteiger partial charge is 0.261 e. The third-order valence-corrected chi connectivity index (χ3v) is 5.23. The molecule has 5 nitrogen and oxygen atoms in total. The highest BCUT2D eigenvalue weighted by atomic mass is 32.1. The second-order valence-electron chi connectivity index (χ2n) is 6.67. The molecule has 1 aromatic carbocycles. The summed E-state index contributed by atoms with van der Waals surface area (Å²) < 4.78 is 0. The quantitative estimate of drug-likeness (QED) is 0.748. The van der Waals surface area contributed by atoms with Crippen molar-refractivity contribution in [3.05, 3.63) is 57.8 Å². The summed E-state index contributed by atoms with van der Waals surface area (Å²) in [5, 5.41) is 7.49. The van der Waals surface area contributed by atoms with Crippen molar-refractivity contribution in [2.75, 3.05) is 7.05 Å². The fourth-order valence-corrected chi connectivity index (χ4v) is 3.04. The first kappa shape index (κ1) is 20.1. The number of thiophene rings is 1. The van der Waals surface area contributed by atoms with Crippen molar-refractivity contribution < 1.29 is 9.59 Å². The third kappa shape index (κ3) is 5.68. The van der Waals surface area contributed by atoms with Gasteiger partial charge in [0.15, 0.2) is 0 Å². The van der Waals surface area contributed by atoms with Crippen LogP contribution in [-0.4, -0.2) is 35.8 Å². The molecule has 1 unspecified atom stereocenters. The van der Waals surface area contributed by atoms with Crippen LogP contribution < -0.4 is 10.6 Å². The van der Waals surface area contributed by atoms with Crippen molar-refractivity contribution >= 4 is 23.2 Å². The number of rotatable bonds is 8. The molecule has 0 aliphatic carbocycles. The van der Waals surface area contributed by atoms with Crippen LogP contribution in [0.15, 0.2) is 41.8 Å². The van der Waals surface area contributed by atoms with Gasteiger partial charge in [0.05, 0.1) is 4.88 Å². The lowest BCUT2D eigenvalue weighted by molar-refractivity contribution is -0.122. The molecular weight excluding hydrogens is 346 g/mol. The van der Waals surface area contributed by atoms with Gasteiger partial charge in [-0.2, -0.15) is 0 Å². The van der Waals surface area contributed by atoms with Crippen LogP contribution in [0, 0.1) is 0 Å². The zero-order chi connectivity index (χ0) is 19.1. The number of carbonyl (C=O) groups is 2. The summed E-state index contributed by atoms with van der Waals surface area (Å²) >= 11 is 1.36. The molecule has 0 spiro atoms. The predicted molar refractivity (Wildman–Crippen MR) is 106 cm³/mol. The Bertz CT molecular complexity index is 728. The van der Waals surface area contributed by atoms with E-state index in [0.29, 0.717) is 17.5 Å². The van der Waals surface area contributed by atoms with E-state index in [4.69, 9.17) is 0 Å². The van der Waals surface area contributed by atoms with Gasteiger partial charge in [0.2, 0.25) is 5.91 Å². The fraction of sp³-hybridized carbons (Fsp3) is 0.400. The molecule has 26 heavy (non-hydrogen) atoms. The molecule has 0 bridgehead atoms. The highest BCUT2D eigenvalue weighted by Crippen LogP contribution is 2.13. The van der Waals surface area contributed by atoms with Crippen LogP contribution in [0.3, 0.4) is 0 Å². The van der Waals surface area contributed by atoms with Gasteiger partial charge in [0.25, 0.3) is 5.91 Å². The monoisotopic (exact) mass is 373 g/mol. The zero-order valence-electron chi connectivity index (χ0n) is 15.8. The number of nitrogens with one attached hydrogen (secondary N) is 2. The van der Waals surface area contributed by atoms with Crippen molar-refractivity contribution in [3.8, 4) is 0 Å². The second kappa shape index (κ2) is 9.50. The van der Waals surface area contributed by atoms with Crippen molar-refractivity contribution in [3.63, 3.8) is 0 Å². The Balaban J connectivity index is 1.91. The van der Waals surface area contributed by atoms with Gasteiger partial charge in [-0.15, -0.1) is 11.3 Å². The number of carbonyl (C=O) groups excluding carboxylic acids is 2. The van der Waals surface area contributed by atoms with Gasteiger partial charge in [-0.1, -0.05) is 30.3 Å². The summed E-state index contributed by atoms with van der Waals surface area (Å²) in [6.45, 7) is 7.28. The SMILES string of the molecule is CC(NC(=O)c1cccs1)C(=O)NCc1ccccc1CN(C)C(C)C. The van der Waals surface area contributed by atoms with Gasteiger partial charge in [-0.25, -0.2) is 0 Å². The molecule has 6 heteroatoms. The molecule has 0 fully saturated rings. The minimum atomic E-state index is -0.588. The molecule has 140 valence electrons. The summed E-state index contributed by atoms with van der Waals surface area (Å²) in [7, 11) is 2.09. The molecule has 1 aromatic heterocycles. The molecule has 2 amide bonds. The normalized spacial score (nSPS) is 12.2. The Kier molecular flexibility index (Phi) is 7.36. The molecule has 2 N–H and O–H groups in total. The highest BCUT2D eigenvalue weighted by molar-refractivity contribution is 7.12. The molecule has 1 heterocycles. The van der Waals surface area contributed by atoms with Gasteiger partial charge in [-0.3, -0.25) is 14.5 Å². The van der Waals surface area contributed by atoms with E-state index in [-0.39, 0.29) is 11.8 Å². The average molecular weight is 374 g/mol. The molecular formula is C20H27N3O2S. The standard InChI is InChI=1S/C20H27N3O2S/c1-14(2)23(4)13-17-9-6-5-8-16(17)12-21-19(24)15(3)22-20(25)18-10-7-11-26-18/h5-11,14-15H,12-13H2,1-4H3,(H,21,24)(H,22,25). The maximum absolute atomic E-state index is 12.3. The van der Waals surface area contributed by atoms with E-state index in [1.165, 1.54) is 16.9 Å². The maximum Gasteiger partial charge on any atom is 0.261 e. The van der Waals surface area contributed by atoms with Crippen LogP contribution in [-0.2, 0) is 17.9 Å². The summed E-state index contributed by atoms with van der Waals surface area (Å²) in [4.78, 5) is 27.2. The third-order valence-electron chi connectivity index (χ3n) is 4.36. The Morgan fingerprint density at radius 2 is 1.77 bits per heavy atom. The van der Waals surface area contributed by atoms with Gasteiger partial charge in [-0.05, 0) is 50.4 Å². The van der Waals surface area contributed by atoms with Crippen LogP contribution in [0.25, 0.3) is 0 Å². The molecule has 0 radical (unpaired) electrons. The largest absolute Gasteiger partial charge is 0.350 e. The Labute approximate surface area is 159 Å². The molecule has 2 rings (SSSR count). The van der Waals surface area contributed by atoms with Gasteiger partial charge >= 0.3 is 0 Å². The lowest BCUT2D eigenvalue weighted by atomic mass is 10.1. The second-order valence-corrected chi connectivity index (χ2v) is 7.62. The van der Waals surface area contributed by atoms with Gasteiger partial charge in [0, 0.05) is 19.1 Å². The highest BCUT2D eigenvalue weighted by Gasteiger charge is 2.17. The first-order valence-corrected chi connectivity index (χ1v) is 9.65. The topological polar surface area (TPSA) is 61.4 Å². The Morgan fingerprint density at radius 1 is 1.08 bits per heavy atom. The van der Waals surface area contributed by atoms with E-state index in [0.717, 1.165) is 12.1 Å². The number of benzene rings is 1. The first-order chi connectivity index (χ1) is 12.4. The van der Waals surface area contributed by atoms with Crippen molar-refractivity contribution in [2.45, 2.75) is 45.9 Å². The maximum atomic E-state index is 12.3. The van der Waals surface area contributed by atoms with Crippen LogP contribution in [0.2, 0.25) is 0 Å². The minimum Gasteiger partial charge on any atom is -0.350 e. The van der Waals surface area contributed by atoms with E-state index in [2.05, 4.69) is 42.5 Å². The lowest BCUT2D eigenvalue weighted by Gasteiger charge is -2.23. The van der Waals surface area contributed by atoms with Crippen LogP contribution in [0.4, 0.5) is 0 Å². The van der Waals surface area contributed by atoms with Crippen molar-refractivity contribution in [1.29, 1.82) is 0 Å². The summed E-state index contributed by atoms with van der Waals surface area (Å²) in [6.07, 6.45) is 0. The van der Waals surface area contributed by atoms with Crippen molar-refractivity contribution in [1.82, 2.24) is 15.5 Å². The summed E-state index contributed by atoms with van der Waals surface area (Å²) in [5.41, 5.74) is 2.28. The first-order valence-electron chi connectivity index (χ1n) is 8.77. The number of nitrogens with zero attached hydrogens (tertiary/aromatic N) is 1. The molecule has 1 atom stereocenters. The van der Waals surface area contributed by atoms with E-state index in [1.54, 1.807) is 13.0 Å². The summed E-state index contributed by atoms with van der Waals surface area (Å²) in [5.74, 6) is -0.413. The van der Waals surface area contributed by atoms with Crippen molar-refractivity contribution in [2.24, 2.45) is 0 Å². The molecule has 0 aliphatic rings. The predicted octanol–water partition coefficient (Wildman–Crippen LogP) is 3.02. The van der Waals surface area contributed by atoms with Gasteiger partial charge < -0.3 is 10.6 Å². The summed E-state index contributed by atoms with van der Waals surface area (Å²) in [6, 6.07) is 11.5. The van der Waals surface area contributed by atoms with Crippen LogP contribution in [0.5, 0.6) is 0 Å². The molecule has 0 saturated carbocycles. The molecule has 0 aliphatic heterocycles. The molecule has 0 saturated heterocycles. The fourth-order valence-electron chi connectivity index (χ4n) is 2.41.